The Morgan fingerprint density at radius 1 is 1.48 bits per heavy atom. The van der Waals surface area contributed by atoms with Crippen LogP contribution in [0, 0.1) is 0 Å². The Bertz CT molecular complexity index is 844. The average Bonchev–Trinajstić information content (AvgIpc) is 3.19. The molecule has 1 aliphatic heterocycles. The Kier molecular flexibility index (Phi) is 4.12. The molecule has 2 aromatic heterocycles. The van der Waals surface area contributed by atoms with Gasteiger partial charge < -0.3 is 9.52 Å². The summed E-state index contributed by atoms with van der Waals surface area (Å²) in [4.78, 5) is 12.3. The van der Waals surface area contributed by atoms with Crippen LogP contribution in [0.3, 0.4) is 0 Å². The molecular weight excluding hydrogens is 365 g/mol. The highest BCUT2D eigenvalue weighted by atomic mass is 35.5. The minimum atomic E-state index is -5.06. The van der Waals surface area contributed by atoms with Crippen LogP contribution in [0.2, 0.25) is 5.02 Å². The third-order valence-corrected chi connectivity index (χ3v) is 3.76. The molecule has 0 saturated carbocycles. The molecule has 1 atom stereocenters. The Hall–Kier alpha value is -2.33. The molecule has 0 unspecified atom stereocenters. The lowest BCUT2D eigenvalue weighted by atomic mass is 10.1. The number of hydrogen-bond acceptors (Lipinski definition) is 5. The molecule has 7 nitrogen and oxygen atoms in total. The van der Waals surface area contributed by atoms with Crippen molar-refractivity contribution in [3.63, 3.8) is 0 Å². The van der Waals surface area contributed by atoms with Gasteiger partial charge in [-0.3, -0.25) is 9.48 Å². The number of carbonyl (C=O) groups excluding carboxylic acids is 1. The van der Waals surface area contributed by atoms with Crippen molar-refractivity contribution < 1.29 is 27.5 Å². The first-order valence-corrected chi connectivity index (χ1v) is 7.42. The number of furan rings is 1. The number of aromatic nitrogens is 2. The third kappa shape index (κ3) is 3.14. The van der Waals surface area contributed by atoms with Gasteiger partial charge in [0.1, 0.15) is 5.76 Å². The van der Waals surface area contributed by atoms with Crippen molar-refractivity contribution in [3.8, 4) is 0 Å². The van der Waals surface area contributed by atoms with E-state index in [1.54, 1.807) is 0 Å². The number of aliphatic hydroxyl groups is 1. The fourth-order valence-electron chi connectivity index (χ4n) is 2.42. The number of rotatable bonds is 3. The summed E-state index contributed by atoms with van der Waals surface area (Å²) in [6, 6.07) is 2.63. The molecule has 0 spiro atoms. The van der Waals surface area contributed by atoms with Crippen molar-refractivity contribution in [1.29, 1.82) is 0 Å². The topological polar surface area (TPSA) is 83.9 Å². The molecule has 11 heteroatoms. The first-order chi connectivity index (χ1) is 11.6. The van der Waals surface area contributed by atoms with Crippen LogP contribution >= 0.6 is 11.6 Å². The maximum Gasteiger partial charge on any atom is 0.438 e. The van der Waals surface area contributed by atoms with Gasteiger partial charge in [0, 0.05) is 18.3 Å². The Balaban J connectivity index is 1.83. The predicted octanol–water partition coefficient (Wildman–Crippen LogP) is 2.65. The number of halogens is 4. The molecule has 1 amide bonds. The Labute approximate surface area is 144 Å². The monoisotopic (exact) mass is 376 g/mol. The van der Waals surface area contributed by atoms with Crippen molar-refractivity contribution >= 4 is 23.2 Å². The SMILES string of the molecule is CC1=NN(C(=O)c2ccc(Cn3cc(Cl)cn3)o2)[C@@](O)(C(F)(F)F)C1. The Morgan fingerprint density at radius 2 is 2.20 bits per heavy atom. The molecule has 134 valence electrons. The number of hydrogen-bond donors (Lipinski definition) is 1. The Morgan fingerprint density at radius 3 is 2.80 bits per heavy atom. The molecule has 25 heavy (non-hydrogen) atoms. The number of hydrazone groups is 1. The average molecular weight is 377 g/mol. The number of carbonyl (C=O) groups is 1. The smallest absolute Gasteiger partial charge is 0.438 e. The van der Waals surface area contributed by atoms with Crippen LogP contribution in [0.4, 0.5) is 13.2 Å². The fourth-order valence-corrected chi connectivity index (χ4v) is 2.58. The third-order valence-electron chi connectivity index (χ3n) is 3.56. The van der Waals surface area contributed by atoms with E-state index in [2.05, 4.69) is 10.2 Å². The predicted molar refractivity (Wildman–Crippen MR) is 79.9 cm³/mol. The summed E-state index contributed by atoms with van der Waals surface area (Å²) in [7, 11) is 0. The highest BCUT2D eigenvalue weighted by Gasteiger charge is 2.63. The molecule has 3 heterocycles. The van der Waals surface area contributed by atoms with Crippen LogP contribution in [-0.4, -0.2) is 43.4 Å². The summed E-state index contributed by atoms with van der Waals surface area (Å²) in [6.07, 6.45) is -2.96. The normalized spacial score (nSPS) is 20.9. The van der Waals surface area contributed by atoms with Crippen LogP contribution in [0.1, 0.15) is 29.7 Å². The summed E-state index contributed by atoms with van der Waals surface area (Å²) in [6.45, 7) is 1.42. The summed E-state index contributed by atoms with van der Waals surface area (Å²) in [5.41, 5.74) is -3.41. The molecule has 0 bridgehead atoms. The molecule has 0 aliphatic carbocycles. The lowest BCUT2D eigenvalue weighted by Crippen LogP contribution is -2.56. The van der Waals surface area contributed by atoms with Crippen molar-refractivity contribution in [1.82, 2.24) is 14.8 Å². The van der Waals surface area contributed by atoms with Crippen LogP contribution in [-0.2, 0) is 6.54 Å². The van der Waals surface area contributed by atoms with Gasteiger partial charge in [0.2, 0.25) is 0 Å². The largest absolute Gasteiger partial charge is 0.454 e. The standard InChI is InChI=1S/C14H12ClF3N4O3/c1-8-4-13(24,14(16,17)18)22(20-8)12(23)11-3-2-10(25-11)7-21-6-9(15)5-19-21/h2-3,5-6,24H,4,7H2,1H3/t13-/m0/s1. The number of nitrogens with zero attached hydrogens (tertiary/aromatic N) is 4. The molecule has 0 fully saturated rings. The minimum absolute atomic E-state index is 0.00965. The van der Waals surface area contributed by atoms with Gasteiger partial charge in [0.15, 0.2) is 5.76 Å². The van der Waals surface area contributed by atoms with E-state index in [4.69, 9.17) is 16.0 Å². The highest BCUT2D eigenvalue weighted by Crippen LogP contribution is 2.40. The van der Waals surface area contributed by atoms with Crippen LogP contribution in [0.15, 0.2) is 34.0 Å². The molecule has 0 radical (unpaired) electrons. The molecule has 3 rings (SSSR count). The van der Waals surface area contributed by atoms with Gasteiger partial charge in [-0.05, 0) is 19.1 Å². The lowest BCUT2D eigenvalue weighted by Gasteiger charge is -2.32. The zero-order chi connectivity index (χ0) is 18.4. The van der Waals surface area contributed by atoms with Gasteiger partial charge in [0.25, 0.3) is 5.72 Å². The molecule has 0 saturated heterocycles. The zero-order valence-electron chi connectivity index (χ0n) is 12.8. The summed E-state index contributed by atoms with van der Waals surface area (Å²) >= 11 is 5.73. The second kappa shape index (κ2) is 5.88. The van der Waals surface area contributed by atoms with Gasteiger partial charge in [-0.1, -0.05) is 11.6 Å². The van der Waals surface area contributed by atoms with Crippen LogP contribution < -0.4 is 0 Å². The van der Waals surface area contributed by atoms with E-state index >= 15 is 0 Å². The van der Waals surface area contributed by atoms with Crippen molar-refractivity contribution in [2.24, 2.45) is 5.10 Å². The van der Waals surface area contributed by atoms with Gasteiger partial charge in [0.05, 0.1) is 17.8 Å². The molecule has 1 aliphatic rings. The van der Waals surface area contributed by atoms with E-state index in [0.717, 1.165) is 0 Å². The lowest BCUT2D eigenvalue weighted by molar-refractivity contribution is -0.297. The number of alkyl halides is 3. The van der Waals surface area contributed by atoms with Crippen molar-refractivity contribution in [2.75, 3.05) is 0 Å². The second-order valence-corrected chi connectivity index (χ2v) is 6.00. The van der Waals surface area contributed by atoms with Gasteiger partial charge in [-0.2, -0.15) is 28.4 Å². The highest BCUT2D eigenvalue weighted by molar-refractivity contribution is 6.30. The summed E-state index contributed by atoms with van der Waals surface area (Å²) in [5, 5.41) is 17.8. The molecular formula is C14H12ClF3N4O3. The molecule has 1 N–H and O–H groups in total. The van der Waals surface area contributed by atoms with Crippen LogP contribution in [0.25, 0.3) is 0 Å². The summed E-state index contributed by atoms with van der Waals surface area (Å²) < 4.78 is 46.2. The molecule has 2 aromatic rings. The zero-order valence-corrected chi connectivity index (χ0v) is 13.5. The number of amides is 1. The van der Waals surface area contributed by atoms with Crippen LogP contribution in [0.5, 0.6) is 0 Å². The minimum Gasteiger partial charge on any atom is -0.454 e. The van der Waals surface area contributed by atoms with E-state index in [0.29, 0.717) is 5.02 Å². The van der Waals surface area contributed by atoms with E-state index in [-0.39, 0.29) is 28.8 Å². The second-order valence-electron chi connectivity index (χ2n) is 5.57. The van der Waals surface area contributed by atoms with Crippen molar-refractivity contribution in [2.45, 2.75) is 31.8 Å². The quantitative estimate of drug-likeness (QED) is 0.892. The first kappa shape index (κ1) is 17.5. The van der Waals surface area contributed by atoms with Gasteiger partial charge >= 0.3 is 12.1 Å². The van der Waals surface area contributed by atoms with E-state index < -0.39 is 24.2 Å². The van der Waals surface area contributed by atoms with E-state index in [1.807, 2.05) is 0 Å². The van der Waals surface area contributed by atoms with Crippen molar-refractivity contribution in [3.05, 3.63) is 41.1 Å². The van der Waals surface area contributed by atoms with Gasteiger partial charge in [-0.15, -0.1) is 0 Å². The molecule has 0 aromatic carbocycles. The van der Waals surface area contributed by atoms with Gasteiger partial charge in [-0.25, -0.2) is 0 Å². The maximum atomic E-state index is 13.2. The summed E-state index contributed by atoms with van der Waals surface area (Å²) in [5.74, 6) is -1.30. The first-order valence-electron chi connectivity index (χ1n) is 7.04. The fraction of sp³-hybridized carbons (Fsp3) is 0.357. The van der Waals surface area contributed by atoms with E-state index in [1.165, 1.54) is 36.1 Å². The maximum absolute atomic E-state index is 13.2. The van der Waals surface area contributed by atoms with E-state index in [9.17, 15) is 23.1 Å².